The Kier molecular flexibility index (Phi) is 7.70. The van der Waals surface area contributed by atoms with Crippen molar-refractivity contribution in [3.63, 3.8) is 0 Å². The Hall–Kier alpha value is -1.89. The van der Waals surface area contributed by atoms with E-state index in [2.05, 4.69) is 46.9 Å². The molecule has 2 saturated heterocycles. The van der Waals surface area contributed by atoms with E-state index in [1.54, 1.807) is 0 Å². The number of nitrogens with one attached hydrogen (secondary N) is 2. The number of halogens is 1. The molecule has 0 radical (unpaired) electrons. The predicted octanol–water partition coefficient (Wildman–Crippen LogP) is 3.44. The number of carbonyl (C=O) groups excluding carboxylic acids is 1. The van der Waals surface area contributed by atoms with Crippen LogP contribution >= 0.6 is 12.4 Å². The average molecular weight is 419 g/mol. The minimum atomic E-state index is -0.101. The molecular weight excluding hydrogens is 388 g/mol. The van der Waals surface area contributed by atoms with Crippen molar-refractivity contribution in [2.45, 2.75) is 44.8 Å². The lowest BCUT2D eigenvalue weighted by Crippen LogP contribution is -2.35. The summed E-state index contributed by atoms with van der Waals surface area (Å²) >= 11 is 0. The maximum atomic E-state index is 12.6. The van der Waals surface area contributed by atoms with Gasteiger partial charge in [0.15, 0.2) is 0 Å². The van der Waals surface area contributed by atoms with Crippen LogP contribution in [-0.2, 0) is 4.74 Å². The number of carbonyl (C=O) groups is 1. The number of hydrogen-bond acceptors (Lipinski definition) is 4. The van der Waals surface area contributed by atoms with Crippen LogP contribution in [0.1, 0.15) is 59.4 Å². The molecule has 1 aromatic carbocycles. The summed E-state index contributed by atoms with van der Waals surface area (Å²) in [6, 6.07) is 10.7. The van der Waals surface area contributed by atoms with E-state index >= 15 is 0 Å². The molecule has 6 nitrogen and oxygen atoms in total. The third-order valence-corrected chi connectivity index (χ3v) is 5.86. The van der Waals surface area contributed by atoms with Crippen LogP contribution in [0.4, 0.5) is 0 Å². The number of piperidine rings is 1. The van der Waals surface area contributed by atoms with Gasteiger partial charge in [-0.25, -0.2) is 0 Å². The number of benzene rings is 1. The van der Waals surface area contributed by atoms with Crippen LogP contribution in [0.5, 0.6) is 0 Å². The summed E-state index contributed by atoms with van der Waals surface area (Å²) in [5.41, 5.74) is 2.93. The lowest BCUT2D eigenvalue weighted by Gasteiger charge is -2.32. The maximum Gasteiger partial charge on any atom is 0.271 e. The van der Waals surface area contributed by atoms with Crippen molar-refractivity contribution < 1.29 is 9.53 Å². The molecule has 2 N–H and O–H groups in total. The van der Waals surface area contributed by atoms with Crippen LogP contribution in [0.15, 0.2) is 36.5 Å². The number of nitrogens with zero attached hydrogens (tertiary/aromatic N) is 2. The van der Waals surface area contributed by atoms with Crippen LogP contribution in [0.3, 0.4) is 0 Å². The van der Waals surface area contributed by atoms with E-state index in [0.717, 1.165) is 45.4 Å². The number of amides is 1. The van der Waals surface area contributed by atoms with Gasteiger partial charge in [-0.1, -0.05) is 29.8 Å². The Morgan fingerprint density at radius 1 is 1.24 bits per heavy atom. The van der Waals surface area contributed by atoms with Gasteiger partial charge in [-0.15, -0.1) is 12.4 Å². The van der Waals surface area contributed by atoms with E-state index < -0.39 is 0 Å². The van der Waals surface area contributed by atoms with Crippen molar-refractivity contribution in [2.24, 2.45) is 5.92 Å². The molecule has 1 aromatic heterocycles. The van der Waals surface area contributed by atoms with Crippen molar-refractivity contribution in [3.05, 3.63) is 53.3 Å². The second kappa shape index (κ2) is 10.2. The first-order chi connectivity index (χ1) is 13.7. The minimum Gasteiger partial charge on any atom is -0.373 e. The monoisotopic (exact) mass is 418 g/mol. The van der Waals surface area contributed by atoms with E-state index in [0.29, 0.717) is 18.3 Å². The molecule has 4 rings (SSSR count). The number of aryl methyl sites for hydroxylation is 1. The van der Waals surface area contributed by atoms with Crippen LogP contribution in [0, 0.1) is 12.8 Å². The smallest absolute Gasteiger partial charge is 0.271 e. The normalized spacial score (nSPS) is 24.5. The number of hydrogen-bond donors (Lipinski definition) is 2. The molecule has 3 atom stereocenters. The first-order valence-corrected chi connectivity index (χ1v) is 10.4. The van der Waals surface area contributed by atoms with Gasteiger partial charge in [0.25, 0.3) is 5.91 Å². The molecule has 1 amide bonds. The van der Waals surface area contributed by atoms with Gasteiger partial charge >= 0.3 is 0 Å². The Labute approximate surface area is 178 Å². The van der Waals surface area contributed by atoms with Gasteiger partial charge in [0, 0.05) is 31.8 Å². The van der Waals surface area contributed by atoms with Crippen molar-refractivity contribution in [3.8, 4) is 0 Å². The first-order valence-electron chi connectivity index (χ1n) is 10.4. The Balaban J connectivity index is 0.00000240. The fourth-order valence-electron chi connectivity index (χ4n) is 4.21. The Bertz CT molecular complexity index is 786. The molecule has 0 spiro atoms. The van der Waals surface area contributed by atoms with E-state index in [4.69, 9.17) is 4.74 Å². The number of aromatic nitrogens is 2. The molecule has 29 heavy (non-hydrogen) atoms. The predicted molar refractivity (Wildman–Crippen MR) is 116 cm³/mol. The van der Waals surface area contributed by atoms with Gasteiger partial charge in [0.1, 0.15) is 5.69 Å². The molecule has 0 bridgehead atoms. The topological polar surface area (TPSA) is 68.2 Å². The highest BCUT2D eigenvalue weighted by molar-refractivity contribution is 5.92. The maximum absolute atomic E-state index is 12.6. The van der Waals surface area contributed by atoms with Gasteiger partial charge < -0.3 is 15.4 Å². The van der Waals surface area contributed by atoms with E-state index in [1.165, 1.54) is 11.1 Å². The lowest BCUT2D eigenvalue weighted by atomic mass is 9.89. The minimum absolute atomic E-state index is 0. The molecule has 2 fully saturated rings. The fourth-order valence-corrected chi connectivity index (χ4v) is 4.21. The fraction of sp³-hybridized carbons (Fsp3) is 0.545. The molecule has 2 aliphatic heterocycles. The van der Waals surface area contributed by atoms with Crippen LogP contribution in [0.25, 0.3) is 0 Å². The van der Waals surface area contributed by atoms with Crippen LogP contribution in [0.2, 0.25) is 0 Å². The van der Waals surface area contributed by atoms with E-state index in [9.17, 15) is 4.79 Å². The van der Waals surface area contributed by atoms with Crippen molar-refractivity contribution in [1.29, 1.82) is 0 Å². The standard InChI is InChI=1S/C22H30N4O2.ClH/c1-16-6-8-17(9-7-16)21-18(4-3-13-28-21)14-24-22(27)20-10-12-26(25-20)19-5-2-11-23-15-19;/h6-10,12,18-19,21,23H,2-5,11,13-15H2,1H3,(H,24,27);1H. The van der Waals surface area contributed by atoms with Crippen molar-refractivity contribution in [1.82, 2.24) is 20.4 Å². The number of rotatable bonds is 5. The zero-order valence-corrected chi connectivity index (χ0v) is 17.8. The van der Waals surface area contributed by atoms with Crippen molar-refractivity contribution in [2.75, 3.05) is 26.2 Å². The molecule has 7 heteroatoms. The molecule has 2 aromatic rings. The lowest BCUT2D eigenvalue weighted by molar-refractivity contribution is -0.0272. The van der Waals surface area contributed by atoms with Gasteiger partial charge in [-0.2, -0.15) is 5.10 Å². The second-order valence-electron chi connectivity index (χ2n) is 8.00. The van der Waals surface area contributed by atoms with Gasteiger partial charge in [0.2, 0.25) is 0 Å². The highest BCUT2D eigenvalue weighted by Gasteiger charge is 2.28. The number of ether oxygens (including phenoxy) is 1. The summed E-state index contributed by atoms with van der Waals surface area (Å²) in [7, 11) is 0. The largest absolute Gasteiger partial charge is 0.373 e. The molecule has 3 heterocycles. The van der Waals surface area contributed by atoms with E-state index in [1.807, 2.05) is 16.9 Å². The van der Waals surface area contributed by atoms with Gasteiger partial charge in [-0.3, -0.25) is 9.48 Å². The highest BCUT2D eigenvalue weighted by Crippen LogP contribution is 2.33. The Morgan fingerprint density at radius 3 is 2.83 bits per heavy atom. The SMILES string of the molecule is Cc1ccc(C2OCCCC2CNC(=O)c2ccn(C3CCCNC3)n2)cc1.Cl. The van der Waals surface area contributed by atoms with Crippen LogP contribution < -0.4 is 10.6 Å². The highest BCUT2D eigenvalue weighted by atomic mass is 35.5. The van der Waals surface area contributed by atoms with E-state index in [-0.39, 0.29) is 30.3 Å². The third kappa shape index (κ3) is 5.38. The molecule has 158 valence electrons. The summed E-state index contributed by atoms with van der Waals surface area (Å²) in [4.78, 5) is 12.6. The molecule has 3 unspecified atom stereocenters. The summed E-state index contributed by atoms with van der Waals surface area (Å²) in [5, 5.41) is 11.0. The molecule has 0 saturated carbocycles. The Morgan fingerprint density at radius 2 is 2.07 bits per heavy atom. The molecular formula is C22H31ClN4O2. The zero-order chi connectivity index (χ0) is 19.3. The quantitative estimate of drug-likeness (QED) is 0.780. The average Bonchev–Trinajstić information content (AvgIpc) is 3.24. The zero-order valence-electron chi connectivity index (χ0n) is 17.0. The summed E-state index contributed by atoms with van der Waals surface area (Å²) in [5.74, 6) is 0.181. The third-order valence-electron chi connectivity index (χ3n) is 5.86. The molecule has 0 aliphatic carbocycles. The van der Waals surface area contributed by atoms with Gasteiger partial charge in [0.05, 0.1) is 12.1 Å². The second-order valence-corrected chi connectivity index (χ2v) is 8.00. The summed E-state index contributed by atoms with van der Waals surface area (Å²) in [6.07, 6.45) is 6.31. The van der Waals surface area contributed by atoms with Gasteiger partial charge in [-0.05, 0) is 50.8 Å². The van der Waals surface area contributed by atoms with Crippen LogP contribution in [-0.4, -0.2) is 41.9 Å². The first kappa shape index (κ1) is 21.8. The summed E-state index contributed by atoms with van der Waals surface area (Å²) < 4.78 is 7.99. The molecule has 2 aliphatic rings. The summed E-state index contributed by atoms with van der Waals surface area (Å²) in [6.45, 7) is 5.46. The van der Waals surface area contributed by atoms with Crippen molar-refractivity contribution >= 4 is 18.3 Å².